The minimum atomic E-state index is -3.63. The van der Waals surface area contributed by atoms with E-state index in [1.165, 1.54) is 23.5 Å². The fourth-order valence-corrected chi connectivity index (χ4v) is 5.38. The SMILES string of the molecule is COc1ccc(S(=O)(=O)N2CCN([C@@H](C)c3nc4ccccc4n3C(F)F)CC2)cc1. The van der Waals surface area contributed by atoms with Crippen molar-refractivity contribution in [2.24, 2.45) is 0 Å². The van der Waals surface area contributed by atoms with E-state index < -0.39 is 16.6 Å². The lowest BCUT2D eigenvalue weighted by Gasteiger charge is -2.37. The van der Waals surface area contributed by atoms with Crippen molar-refractivity contribution < 1.29 is 21.9 Å². The summed E-state index contributed by atoms with van der Waals surface area (Å²) in [5.41, 5.74) is 0.908. The molecule has 1 fully saturated rings. The lowest BCUT2D eigenvalue weighted by molar-refractivity contribution is 0.0616. The minimum Gasteiger partial charge on any atom is -0.497 e. The van der Waals surface area contributed by atoms with Gasteiger partial charge >= 0.3 is 6.55 Å². The molecule has 0 amide bonds. The highest BCUT2D eigenvalue weighted by Gasteiger charge is 2.32. The standard InChI is InChI=1S/C21H24F2N4O3S/c1-15(20-24-18-5-3-4-6-19(18)27(20)21(22)23)25-11-13-26(14-12-25)31(28,29)17-9-7-16(30-2)8-10-17/h3-10,15,21H,11-14H2,1-2H3/t15-/m0/s1. The number of ether oxygens (including phenoxy) is 1. The zero-order valence-corrected chi connectivity index (χ0v) is 18.1. The van der Waals surface area contributed by atoms with Crippen LogP contribution in [0.4, 0.5) is 8.78 Å². The van der Waals surface area contributed by atoms with Crippen LogP contribution < -0.4 is 4.74 Å². The van der Waals surface area contributed by atoms with Gasteiger partial charge in [-0.05, 0) is 43.3 Å². The lowest BCUT2D eigenvalue weighted by Crippen LogP contribution is -2.49. The van der Waals surface area contributed by atoms with Crippen molar-refractivity contribution in [1.29, 1.82) is 0 Å². The molecule has 7 nitrogen and oxygen atoms in total. The average Bonchev–Trinajstić information content (AvgIpc) is 3.18. The molecule has 1 aromatic heterocycles. The summed E-state index contributed by atoms with van der Waals surface area (Å²) in [7, 11) is -2.11. The van der Waals surface area contributed by atoms with Crippen LogP contribution in [-0.4, -0.2) is 60.5 Å². The van der Waals surface area contributed by atoms with Crippen LogP contribution in [0.2, 0.25) is 0 Å². The molecule has 1 aliphatic rings. The first-order valence-corrected chi connectivity index (χ1v) is 11.4. The maximum atomic E-state index is 13.8. The monoisotopic (exact) mass is 450 g/mol. The maximum Gasteiger partial charge on any atom is 0.320 e. The number of hydrogen-bond acceptors (Lipinski definition) is 5. The van der Waals surface area contributed by atoms with Crippen molar-refractivity contribution in [3.63, 3.8) is 0 Å². The second kappa shape index (κ2) is 8.52. The molecule has 0 unspecified atom stereocenters. The summed E-state index contributed by atoms with van der Waals surface area (Å²) in [6.45, 7) is 0.502. The van der Waals surface area contributed by atoms with Gasteiger partial charge < -0.3 is 4.74 Å². The molecule has 0 N–H and O–H groups in total. The number of fused-ring (bicyclic) bond motifs is 1. The fraction of sp³-hybridized carbons (Fsp3) is 0.381. The predicted octanol–water partition coefficient (Wildman–Crippen LogP) is 3.51. The molecule has 0 saturated carbocycles. The number of halogens is 2. The van der Waals surface area contributed by atoms with Crippen LogP contribution >= 0.6 is 0 Å². The topological polar surface area (TPSA) is 67.7 Å². The maximum absolute atomic E-state index is 13.8. The number of imidazole rings is 1. The second-order valence-corrected chi connectivity index (χ2v) is 9.34. The highest BCUT2D eigenvalue weighted by Crippen LogP contribution is 2.30. The molecule has 2 heterocycles. The van der Waals surface area contributed by atoms with E-state index in [2.05, 4.69) is 4.98 Å². The minimum absolute atomic E-state index is 0.203. The van der Waals surface area contributed by atoms with Crippen molar-refractivity contribution >= 4 is 21.1 Å². The normalized spacial score (nSPS) is 17.3. The first-order chi connectivity index (χ1) is 14.8. The number of piperazine rings is 1. The molecule has 1 saturated heterocycles. The van der Waals surface area contributed by atoms with E-state index in [9.17, 15) is 17.2 Å². The van der Waals surface area contributed by atoms with Gasteiger partial charge in [0.1, 0.15) is 11.6 Å². The second-order valence-electron chi connectivity index (χ2n) is 7.40. The van der Waals surface area contributed by atoms with Crippen molar-refractivity contribution in [2.75, 3.05) is 33.3 Å². The van der Waals surface area contributed by atoms with Crippen LogP contribution in [0.1, 0.15) is 25.3 Å². The largest absolute Gasteiger partial charge is 0.497 e. The molecule has 2 aromatic carbocycles. The fourth-order valence-electron chi connectivity index (χ4n) is 3.95. The Labute approximate surface area is 179 Å². The van der Waals surface area contributed by atoms with E-state index in [0.29, 0.717) is 29.9 Å². The molecule has 3 aromatic rings. The molecule has 0 bridgehead atoms. The number of para-hydroxylation sites is 2. The zero-order valence-electron chi connectivity index (χ0n) is 17.3. The number of sulfonamides is 1. The Morgan fingerprint density at radius 1 is 1.00 bits per heavy atom. The van der Waals surface area contributed by atoms with E-state index in [1.807, 2.05) is 11.8 Å². The van der Waals surface area contributed by atoms with Crippen LogP contribution in [0.3, 0.4) is 0 Å². The van der Waals surface area contributed by atoms with Crippen molar-refractivity contribution in [2.45, 2.75) is 24.4 Å². The molecule has 1 aliphatic heterocycles. The summed E-state index contributed by atoms with van der Waals surface area (Å²) in [5, 5.41) is 0. The molecular weight excluding hydrogens is 426 g/mol. The molecule has 0 radical (unpaired) electrons. The van der Waals surface area contributed by atoms with Crippen molar-refractivity contribution in [1.82, 2.24) is 18.8 Å². The number of alkyl halides is 2. The lowest BCUT2D eigenvalue weighted by atomic mass is 10.2. The van der Waals surface area contributed by atoms with Crippen LogP contribution in [0.5, 0.6) is 5.75 Å². The number of rotatable bonds is 6. The van der Waals surface area contributed by atoms with Gasteiger partial charge in [0.15, 0.2) is 0 Å². The van der Waals surface area contributed by atoms with Gasteiger partial charge in [0, 0.05) is 26.2 Å². The Balaban J connectivity index is 1.51. The number of benzene rings is 2. The van der Waals surface area contributed by atoms with E-state index in [0.717, 1.165) is 4.57 Å². The van der Waals surface area contributed by atoms with Gasteiger partial charge in [-0.25, -0.2) is 13.4 Å². The predicted molar refractivity (Wildman–Crippen MR) is 113 cm³/mol. The summed E-state index contributed by atoms with van der Waals surface area (Å²) in [6.07, 6.45) is 0. The van der Waals surface area contributed by atoms with Gasteiger partial charge in [0.25, 0.3) is 0 Å². The van der Waals surface area contributed by atoms with Gasteiger partial charge in [-0.3, -0.25) is 9.47 Å². The van der Waals surface area contributed by atoms with Gasteiger partial charge in [0.2, 0.25) is 10.0 Å². The molecule has 166 valence electrons. The van der Waals surface area contributed by atoms with E-state index in [4.69, 9.17) is 4.74 Å². The van der Waals surface area contributed by atoms with Crippen molar-refractivity contribution in [3.8, 4) is 5.75 Å². The Bertz CT molecular complexity index is 1160. The first kappa shape index (κ1) is 21.7. The molecule has 31 heavy (non-hydrogen) atoms. The Morgan fingerprint density at radius 3 is 2.26 bits per heavy atom. The Hall–Kier alpha value is -2.56. The van der Waals surface area contributed by atoms with Gasteiger partial charge in [0.05, 0.1) is 29.1 Å². The van der Waals surface area contributed by atoms with Gasteiger partial charge in [-0.15, -0.1) is 0 Å². The Morgan fingerprint density at radius 2 is 1.65 bits per heavy atom. The number of aromatic nitrogens is 2. The Kier molecular flexibility index (Phi) is 5.96. The van der Waals surface area contributed by atoms with E-state index in [1.54, 1.807) is 36.4 Å². The summed E-state index contributed by atoms with van der Waals surface area (Å²) in [5.74, 6) is 0.863. The number of methoxy groups -OCH3 is 1. The number of hydrogen-bond donors (Lipinski definition) is 0. The molecule has 0 aliphatic carbocycles. The third kappa shape index (κ3) is 4.02. The summed E-state index contributed by atoms with van der Waals surface area (Å²) < 4.78 is 60.9. The molecular formula is C21H24F2N4O3S. The van der Waals surface area contributed by atoms with Gasteiger partial charge in [-0.2, -0.15) is 13.1 Å². The summed E-state index contributed by atoms with van der Waals surface area (Å²) >= 11 is 0. The van der Waals surface area contributed by atoms with Gasteiger partial charge in [-0.1, -0.05) is 12.1 Å². The highest BCUT2D eigenvalue weighted by atomic mass is 32.2. The summed E-state index contributed by atoms with van der Waals surface area (Å²) in [6, 6.07) is 12.7. The van der Waals surface area contributed by atoms with Crippen LogP contribution in [-0.2, 0) is 10.0 Å². The van der Waals surface area contributed by atoms with Crippen molar-refractivity contribution in [3.05, 3.63) is 54.4 Å². The molecule has 4 rings (SSSR count). The van der Waals surface area contributed by atoms with E-state index >= 15 is 0 Å². The molecule has 0 spiro atoms. The van der Waals surface area contributed by atoms with Crippen LogP contribution in [0.15, 0.2) is 53.4 Å². The zero-order chi connectivity index (χ0) is 22.2. The number of nitrogens with zero attached hydrogens (tertiary/aromatic N) is 4. The summed E-state index contributed by atoms with van der Waals surface area (Å²) in [4.78, 5) is 6.63. The third-order valence-electron chi connectivity index (χ3n) is 5.71. The van der Waals surface area contributed by atoms with Crippen LogP contribution in [0, 0.1) is 0 Å². The average molecular weight is 451 g/mol. The molecule has 1 atom stereocenters. The molecule has 10 heteroatoms. The third-order valence-corrected chi connectivity index (χ3v) is 7.62. The quantitative estimate of drug-likeness (QED) is 0.575. The van der Waals surface area contributed by atoms with E-state index in [-0.39, 0.29) is 29.9 Å². The first-order valence-electron chi connectivity index (χ1n) is 9.96. The van der Waals surface area contributed by atoms with Crippen LogP contribution in [0.25, 0.3) is 11.0 Å². The highest BCUT2D eigenvalue weighted by molar-refractivity contribution is 7.89. The smallest absolute Gasteiger partial charge is 0.320 e.